The van der Waals surface area contributed by atoms with Crippen molar-refractivity contribution in [2.24, 2.45) is 7.05 Å². The summed E-state index contributed by atoms with van der Waals surface area (Å²) in [5.41, 5.74) is 1.85. The average molecular weight is 348 g/mol. The van der Waals surface area contributed by atoms with Crippen molar-refractivity contribution in [3.8, 4) is 0 Å². The second kappa shape index (κ2) is 6.62. The molecule has 1 amide bonds. The zero-order valence-corrected chi connectivity index (χ0v) is 14.5. The maximum absolute atomic E-state index is 12.0. The van der Waals surface area contributed by atoms with E-state index in [-0.39, 0.29) is 12.5 Å². The molecule has 2 heterocycles. The fraction of sp³-hybridized carbons (Fsp3) is 0.312. The van der Waals surface area contributed by atoms with Crippen molar-refractivity contribution in [2.75, 3.05) is 18.9 Å². The molecule has 0 fully saturated rings. The summed E-state index contributed by atoms with van der Waals surface area (Å²) in [5.74, 6) is 1.77. The van der Waals surface area contributed by atoms with Crippen LogP contribution in [0.4, 0.5) is 5.82 Å². The van der Waals surface area contributed by atoms with E-state index in [1.165, 1.54) is 0 Å². The van der Waals surface area contributed by atoms with Crippen molar-refractivity contribution < 1.29 is 9.32 Å². The molecule has 0 aliphatic carbocycles. The number of imidazole rings is 1. The van der Waals surface area contributed by atoms with E-state index in [4.69, 9.17) is 16.1 Å². The molecule has 8 heteroatoms. The number of amides is 1. The molecule has 1 N–H and O–H groups in total. The standard InChI is InChI=1S/C16H18ClN5O2/c1-10-6-14(20-24-10)19-16(23)9-21(2)8-15-18-12-7-11(17)4-5-13(12)22(15)3/h4-7H,8-9H2,1-3H3,(H,19,20,23). The molecule has 0 spiro atoms. The monoisotopic (exact) mass is 347 g/mol. The van der Waals surface area contributed by atoms with Crippen LogP contribution in [0.1, 0.15) is 11.6 Å². The molecule has 1 aromatic carbocycles. The fourth-order valence-corrected chi connectivity index (χ4v) is 2.68. The summed E-state index contributed by atoms with van der Waals surface area (Å²) in [6.07, 6.45) is 0. The van der Waals surface area contributed by atoms with Crippen LogP contribution in [0, 0.1) is 6.92 Å². The van der Waals surface area contributed by atoms with Crippen LogP contribution in [-0.2, 0) is 18.4 Å². The third-order valence-electron chi connectivity index (χ3n) is 3.66. The number of hydrogen-bond acceptors (Lipinski definition) is 5. The highest BCUT2D eigenvalue weighted by atomic mass is 35.5. The molecule has 0 radical (unpaired) electrons. The molecule has 2 aromatic heterocycles. The lowest BCUT2D eigenvalue weighted by Crippen LogP contribution is -2.30. The second-order valence-electron chi connectivity index (χ2n) is 5.76. The number of fused-ring (bicyclic) bond motifs is 1. The molecule has 7 nitrogen and oxygen atoms in total. The van der Waals surface area contributed by atoms with Crippen LogP contribution in [0.5, 0.6) is 0 Å². The molecule has 0 bridgehead atoms. The Morgan fingerprint density at radius 2 is 2.21 bits per heavy atom. The number of nitrogens with one attached hydrogen (secondary N) is 1. The summed E-state index contributed by atoms with van der Waals surface area (Å²) in [4.78, 5) is 18.5. The normalized spacial score (nSPS) is 11.4. The van der Waals surface area contributed by atoms with Crippen molar-refractivity contribution in [3.63, 3.8) is 0 Å². The first-order valence-corrected chi connectivity index (χ1v) is 7.83. The third kappa shape index (κ3) is 3.58. The summed E-state index contributed by atoms with van der Waals surface area (Å²) in [7, 11) is 3.81. The zero-order chi connectivity index (χ0) is 17.3. The summed E-state index contributed by atoms with van der Waals surface area (Å²) in [5, 5.41) is 7.10. The maximum atomic E-state index is 12.0. The molecular weight excluding hydrogens is 330 g/mol. The largest absolute Gasteiger partial charge is 0.360 e. The van der Waals surface area contributed by atoms with Gasteiger partial charge in [0.1, 0.15) is 11.6 Å². The number of aromatic nitrogens is 3. The second-order valence-corrected chi connectivity index (χ2v) is 6.20. The van der Waals surface area contributed by atoms with Gasteiger partial charge in [0.25, 0.3) is 0 Å². The summed E-state index contributed by atoms with van der Waals surface area (Å²) in [6, 6.07) is 7.29. The van der Waals surface area contributed by atoms with Crippen LogP contribution >= 0.6 is 11.6 Å². The van der Waals surface area contributed by atoms with Crippen LogP contribution in [-0.4, -0.2) is 39.1 Å². The molecule has 24 heavy (non-hydrogen) atoms. The Kier molecular flexibility index (Phi) is 4.55. The number of likely N-dealkylation sites (N-methyl/N-ethyl adjacent to an activating group) is 1. The Labute approximate surface area is 144 Å². The van der Waals surface area contributed by atoms with E-state index in [0.29, 0.717) is 23.1 Å². The Morgan fingerprint density at radius 3 is 2.92 bits per heavy atom. The van der Waals surface area contributed by atoms with E-state index < -0.39 is 0 Å². The first-order valence-electron chi connectivity index (χ1n) is 7.45. The molecule has 0 unspecified atom stereocenters. The van der Waals surface area contributed by atoms with Crippen LogP contribution in [0.15, 0.2) is 28.8 Å². The van der Waals surface area contributed by atoms with Gasteiger partial charge in [0.05, 0.1) is 24.1 Å². The molecule has 0 saturated carbocycles. The van der Waals surface area contributed by atoms with Gasteiger partial charge in [-0.15, -0.1) is 0 Å². The number of halogens is 1. The number of nitrogens with zero attached hydrogens (tertiary/aromatic N) is 4. The van der Waals surface area contributed by atoms with Gasteiger partial charge in [0, 0.05) is 18.1 Å². The van der Waals surface area contributed by atoms with Crippen LogP contribution in [0.2, 0.25) is 5.02 Å². The molecule has 0 atom stereocenters. The maximum Gasteiger partial charge on any atom is 0.239 e. The van der Waals surface area contributed by atoms with Gasteiger partial charge in [-0.25, -0.2) is 4.98 Å². The molecular formula is C16H18ClN5O2. The minimum atomic E-state index is -0.160. The molecule has 0 aliphatic heterocycles. The van der Waals surface area contributed by atoms with Crippen molar-refractivity contribution in [3.05, 3.63) is 40.9 Å². The fourth-order valence-electron chi connectivity index (χ4n) is 2.51. The van der Waals surface area contributed by atoms with E-state index in [1.54, 1.807) is 13.0 Å². The number of benzene rings is 1. The Morgan fingerprint density at radius 1 is 1.42 bits per heavy atom. The van der Waals surface area contributed by atoms with E-state index >= 15 is 0 Å². The van der Waals surface area contributed by atoms with Crippen molar-refractivity contribution in [2.45, 2.75) is 13.5 Å². The lowest BCUT2D eigenvalue weighted by Gasteiger charge is -2.15. The number of carbonyl (C=O) groups is 1. The van der Waals surface area contributed by atoms with Gasteiger partial charge in [-0.2, -0.15) is 0 Å². The number of aryl methyl sites for hydroxylation is 2. The van der Waals surface area contributed by atoms with Crippen molar-refractivity contribution >= 4 is 34.4 Å². The summed E-state index contributed by atoms with van der Waals surface area (Å²) in [6.45, 7) is 2.52. The molecule has 0 aliphatic rings. The highest BCUT2D eigenvalue weighted by molar-refractivity contribution is 6.31. The summed E-state index contributed by atoms with van der Waals surface area (Å²) < 4.78 is 6.92. The third-order valence-corrected chi connectivity index (χ3v) is 3.89. The SMILES string of the molecule is Cc1cc(NC(=O)CN(C)Cc2nc3cc(Cl)ccc3n2C)no1. The highest BCUT2D eigenvalue weighted by Gasteiger charge is 2.13. The van der Waals surface area contributed by atoms with Gasteiger partial charge in [-0.1, -0.05) is 16.8 Å². The van der Waals surface area contributed by atoms with Gasteiger partial charge in [-0.3, -0.25) is 9.69 Å². The smallest absolute Gasteiger partial charge is 0.239 e. The number of hydrogen-bond donors (Lipinski definition) is 1. The Bertz CT molecular complexity index is 886. The predicted octanol–water partition coefficient (Wildman–Crippen LogP) is 2.59. The zero-order valence-electron chi connectivity index (χ0n) is 13.7. The number of anilines is 1. The molecule has 3 rings (SSSR count). The van der Waals surface area contributed by atoms with Crippen LogP contribution in [0.25, 0.3) is 11.0 Å². The first-order chi connectivity index (χ1) is 11.4. The van der Waals surface area contributed by atoms with Crippen molar-refractivity contribution in [1.29, 1.82) is 0 Å². The quantitative estimate of drug-likeness (QED) is 0.767. The Hall–Kier alpha value is -2.38. The van der Waals surface area contributed by atoms with Crippen LogP contribution < -0.4 is 5.32 Å². The predicted molar refractivity (Wildman–Crippen MR) is 91.9 cm³/mol. The lowest BCUT2D eigenvalue weighted by molar-refractivity contribution is -0.117. The van der Waals surface area contributed by atoms with E-state index in [1.807, 2.05) is 41.8 Å². The molecule has 126 valence electrons. The minimum absolute atomic E-state index is 0.160. The minimum Gasteiger partial charge on any atom is -0.360 e. The Balaban J connectivity index is 1.65. The molecule has 0 saturated heterocycles. The van der Waals surface area contributed by atoms with Gasteiger partial charge in [0.2, 0.25) is 5.91 Å². The van der Waals surface area contributed by atoms with Gasteiger partial charge in [-0.05, 0) is 32.2 Å². The highest BCUT2D eigenvalue weighted by Crippen LogP contribution is 2.20. The van der Waals surface area contributed by atoms with Crippen molar-refractivity contribution in [1.82, 2.24) is 19.6 Å². The van der Waals surface area contributed by atoms with Gasteiger partial charge in [0.15, 0.2) is 5.82 Å². The first kappa shape index (κ1) is 16.5. The van der Waals surface area contributed by atoms with E-state index in [9.17, 15) is 4.79 Å². The number of rotatable bonds is 5. The van der Waals surface area contributed by atoms with E-state index in [2.05, 4.69) is 15.5 Å². The summed E-state index contributed by atoms with van der Waals surface area (Å²) >= 11 is 6.01. The number of carbonyl (C=O) groups excluding carboxylic acids is 1. The van der Waals surface area contributed by atoms with Gasteiger partial charge >= 0.3 is 0 Å². The topological polar surface area (TPSA) is 76.2 Å². The molecule has 3 aromatic rings. The van der Waals surface area contributed by atoms with E-state index in [0.717, 1.165) is 16.9 Å². The average Bonchev–Trinajstić information content (AvgIpc) is 3.03. The van der Waals surface area contributed by atoms with Crippen LogP contribution in [0.3, 0.4) is 0 Å². The lowest BCUT2D eigenvalue weighted by atomic mass is 10.3. The van der Waals surface area contributed by atoms with Gasteiger partial charge < -0.3 is 14.4 Å².